The Morgan fingerprint density at radius 3 is 2.00 bits per heavy atom. The molecule has 0 saturated heterocycles. The van der Waals surface area contributed by atoms with Crippen molar-refractivity contribution >= 4 is 42.0 Å². The van der Waals surface area contributed by atoms with Gasteiger partial charge in [-0.15, -0.1) is 0 Å². The highest BCUT2D eigenvalue weighted by atomic mass is 31.2. The standard InChI is InChI=1S/C31H37N4O7P/c1-19(2)17-24(29(37)34-25(28(36)32-3)18-20-9-5-4-6-10-20)33-26(43(40,41)42)15-16-35-30(38)22-13-7-11-21-12-8-14-23(27(21)22)31(35)39/h4-14,19,24-26,33H,15-18H2,1-3H3,(H,32,36)(H,34,37)(H2,40,41,42)/t24-,25-,26?/m0/s1. The van der Waals surface area contributed by atoms with Crippen LogP contribution in [-0.2, 0) is 20.6 Å². The lowest BCUT2D eigenvalue weighted by Gasteiger charge is -2.31. The van der Waals surface area contributed by atoms with E-state index in [1.807, 2.05) is 44.2 Å². The van der Waals surface area contributed by atoms with Gasteiger partial charge in [0.2, 0.25) is 11.8 Å². The molecule has 11 nitrogen and oxygen atoms in total. The monoisotopic (exact) mass is 608 g/mol. The van der Waals surface area contributed by atoms with Crippen molar-refractivity contribution in [1.29, 1.82) is 0 Å². The average molecular weight is 609 g/mol. The number of rotatable bonds is 13. The normalized spacial score (nSPS) is 15.3. The van der Waals surface area contributed by atoms with E-state index in [9.17, 15) is 33.5 Å². The predicted molar refractivity (Wildman–Crippen MR) is 162 cm³/mol. The molecule has 228 valence electrons. The molecule has 0 fully saturated rings. The second-order valence-electron chi connectivity index (χ2n) is 11.1. The first-order chi connectivity index (χ1) is 20.4. The van der Waals surface area contributed by atoms with Gasteiger partial charge in [-0.05, 0) is 41.8 Å². The van der Waals surface area contributed by atoms with Crippen molar-refractivity contribution in [2.24, 2.45) is 5.92 Å². The number of hydrogen-bond donors (Lipinski definition) is 5. The first-order valence-electron chi connectivity index (χ1n) is 14.2. The summed E-state index contributed by atoms with van der Waals surface area (Å²) in [5.41, 5.74) is 1.50. The van der Waals surface area contributed by atoms with E-state index in [4.69, 9.17) is 0 Å². The third kappa shape index (κ3) is 7.55. The zero-order chi connectivity index (χ0) is 31.3. The largest absolute Gasteiger partial charge is 0.357 e. The Hall–Kier alpha value is -3.89. The van der Waals surface area contributed by atoms with Gasteiger partial charge in [0.1, 0.15) is 11.8 Å². The number of nitrogens with zero attached hydrogens (tertiary/aromatic N) is 1. The zero-order valence-electron chi connectivity index (χ0n) is 24.3. The number of imide groups is 1. The second-order valence-corrected chi connectivity index (χ2v) is 12.9. The van der Waals surface area contributed by atoms with Crippen LogP contribution in [0.3, 0.4) is 0 Å². The van der Waals surface area contributed by atoms with Gasteiger partial charge in [-0.25, -0.2) is 0 Å². The van der Waals surface area contributed by atoms with Gasteiger partial charge >= 0.3 is 7.60 Å². The third-order valence-corrected chi connectivity index (χ3v) is 8.69. The van der Waals surface area contributed by atoms with Gasteiger partial charge in [-0.1, -0.05) is 68.4 Å². The Morgan fingerprint density at radius 2 is 1.47 bits per heavy atom. The molecule has 1 unspecified atom stereocenters. The van der Waals surface area contributed by atoms with E-state index in [1.165, 1.54) is 7.05 Å². The lowest BCUT2D eigenvalue weighted by atomic mass is 9.94. The van der Waals surface area contributed by atoms with Crippen LogP contribution < -0.4 is 16.0 Å². The van der Waals surface area contributed by atoms with Crippen LogP contribution >= 0.6 is 7.60 Å². The van der Waals surface area contributed by atoms with Crippen LogP contribution in [-0.4, -0.2) is 69.8 Å². The Labute approximate surface area is 250 Å². The van der Waals surface area contributed by atoms with Crippen molar-refractivity contribution in [2.75, 3.05) is 13.6 Å². The van der Waals surface area contributed by atoms with Gasteiger partial charge in [-0.2, -0.15) is 0 Å². The molecule has 0 aliphatic carbocycles. The summed E-state index contributed by atoms with van der Waals surface area (Å²) in [4.78, 5) is 74.2. The number of hydrogen-bond acceptors (Lipinski definition) is 6. The van der Waals surface area contributed by atoms with Crippen molar-refractivity contribution in [3.05, 3.63) is 83.4 Å². The van der Waals surface area contributed by atoms with Crippen molar-refractivity contribution in [3.63, 3.8) is 0 Å². The highest BCUT2D eigenvalue weighted by Crippen LogP contribution is 2.42. The first kappa shape index (κ1) is 32.0. The molecule has 0 aromatic heterocycles. The number of amides is 4. The molecule has 5 N–H and O–H groups in total. The number of carbonyl (C=O) groups excluding carboxylic acids is 4. The molecular weight excluding hydrogens is 571 g/mol. The molecule has 43 heavy (non-hydrogen) atoms. The fraction of sp³-hybridized carbons (Fsp3) is 0.355. The molecule has 0 radical (unpaired) electrons. The van der Waals surface area contributed by atoms with Crippen LogP contribution in [0.5, 0.6) is 0 Å². The minimum atomic E-state index is -4.86. The van der Waals surface area contributed by atoms with Crippen LogP contribution in [0.15, 0.2) is 66.7 Å². The Kier molecular flexibility index (Phi) is 10.1. The summed E-state index contributed by atoms with van der Waals surface area (Å²) in [7, 11) is -3.40. The number of nitrogens with one attached hydrogen (secondary N) is 3. The van der Waals surface area contributed by atoms with E-state index >= 15 is 0 Å². The molecule has 12 heteroatoms. The fourth-order valence-corrected chi connectivity index (χ4v) is 6.17. The summed E-state index contributed by atoms with van der Waals surface area (Å²) in [6, 6.07) is 17.4. The maximum Gasteiger partial charge on any atom is 0.342 e. The highest BCUT2D eigenvalue weighted by molar-refractivity contribution is 7.52. The average Bonchev–Trinajstić information content (AvgIpc) is 2.97. The van der Waals surface area contributed by atoms with E-state index in [2.05, 4.69) is 16.0 Å². The van der Waals surface area contributed by atoms with Crippen LogP contribution in [0.4, 0.5) is 0 Å². The molecule has 1 aliphatic heterocycles. The van der Waals surface area contributed by atoms with Gasteiger partial charge < -0.3 is 20.4 Å². The molecule has 0 bridgehead atoms. The maximum absolute atomic E-state index is 13.5. The van der Waals surface area contributed by atoms with E-state index in [1.54, 1.807) is 36.4 Å². The number of benzene rings is 3. The molecule has 3 atom stereocenters. The van der Waals surface area contributed by atoms with Gasteiger partial charge in [0.05, 0.1) is 6.04 Å². The molecule has 4 rings (SSSR count). The zero-order valence-corrected chi connectivity index (χ0v) is 25.2. The first-order valence-corrected chi connectivity index (χ1v) is 15.8. The maximum atomic E-state index is 13.5. The van der Waals surface area contributed by atoms with Gasteiger partial charge in [0.15, 0.2) is 0 Å². The molecule has 1 heterocycles. The van der Waals surface area contributed by atoms with Crippen molar-refractivity contribution in [2.45, 2.75) is 51.0 Å². The summed E-state index contributed by atoms with van der Waals surface area (Å²) < 4.78 is 12.6. The van der Waals surface area contributed by atoms with Crippen molar-refractivity contribution in [1.82, 2.24) is 20.9 Å². The van der Waals surface area contributed by atoms with E-state index < -0.39 is 49.1 Å². The molecular formula is C31H37N4O7P. The van der Waals surface area contributed by atoms with E-state index in [0.29, 0.717) is 16.5 Å². The summed E-state index contributed by atoms with van der Waals surface area (Å²) in [5.74, 6) is -3.69. The smallest absolute Gasteiger partial charge is 0.342 e. The summed E-state index contributed by atoms with van der Waals surface area (Å²) in [5, 5.41) is 9.38. The van der Waals surface area contributed by atoms with E-state index in [-0.39, 0.29) is 31.7 Å². The number of carbonyl (C=O) groups is 4. The molecule has 1 aliphatic rings. The number of likely N-dealkylation sites (N-methyl/N-ethyl adjacent to an activating group) is 1. The summed E-state index contributed by atoms with van der Waals surface area (Å²) >= 11 is 0. The molecule has 4 amide bonds. The third-order valence-electron chi connectivity index (χ3n) is 7.47. The fourth-order valence-electron chi connectivity index (χ4n) is 5.34. The van der Waals surface area contributed by atoms with Gasteiger partial charge in [0, 0.05) is 36.5 Å². The minimum Gasteiger partial charge on any atom is -0.357 e. The molecule has 3 aromatic carbocycles. The Morgan fingerprint density at radius 1 is 0.860 bits per heavy atom. The second kappa shape index (κ2) is 13.6. The van der Waals surface area contributed by atoms with Gasteiger partial charge in [-0.3, -0.25) is 34.0 Å². The Balaban J connectivity index is 1.52. The van der Waals surface area contributed by atoms with Crippen LogP contribution in [0, 0.1) is 5.92 Å². The van der Waals surface area contributed by atoms with Crippen molar-refractivity contribution in [3.8, 4) is 0 Å². The quantitative estimate of drug-likeness (QED) is 0.146. The molecule has 0 spiro atoms. The lowest BCUT2D eigenvalue weighted by Crippen LogP contribution is -2.55. The summed E-state index contributed by atoms with van der Waals surface area (Å²) in [6.07, 6.45) is 0.131. The van der Waals surface area contributed by atoms with Gasteiger partial charge in [0.25, 0.3) is 11.8 Å². The summed E-state index contributed by atoms with van der Waals surface area (Å²) in [6.45, 7) is 3.44. The van der Waals surface area contributed by atoms with E-state index in [0.717, 1.165) is 15.8 Å². The lowest BCUT2D eigenvalue weighted by molar-refractivity contribution is -0.130. The van der Waals surface area contributed by atoms with Crippen LogP contribution in [0.2, 0.25) is 0 Å². The minimum absolute atomic E-state index is 0.0458. The van der Waals surface area contributed by atoms with Crippen LogP contribution in [0.25, 0.3) is 10.8 Å². The van der Waals surface area contributed by atoms with Crippen LogP contribution in [0.1, 0.15) is 53.0 Å². The SMILES string of the molecule is CNC(=O)[C@H](Cc1ccccc1)NC(=O)[C@H](CC(C)C)NC(CCN1C(=O)c2cccc3cccc(c23)C1=O)P(=O)(O)O. The molecule has 0 saturated carbocycles. The highest BCUT2D eigenvalue weighted by Gasteiger charge is 2.38. The predicted octanol–water partition coefficient (Wildman–Crippen LogP) is 2.81. The topological polar surface area (TPSA) is 165 Å². The molecule has 3 aromatic rings. The van der Waals surface area contributed by atoms with Crippen molar-refractivity contribution < 1.29 is 33.5 Å². The Bertz CT molecular complexity index is 1510.